The molecule has 1 aromatic rings. The molecule has 0 radical (unpaired) electrons. The number of aromatic nitrogens is 2. The van der Waals surface area contributed by atoms with Gasteiger partial charge in [0.15, 0.2) is 0 Å². The molecule has 0 bridgehead atoms. The molecule has 13 heavy (non-hydrogen) atoms. The number of carbonyl (C=O) groups is 1. The summed E-state index contributed by atoms with van der Waals surface area (Å²) in [4.78, 5) is 13.2. The van der Waals surface area contributed by atoms with E-state index in [9.17, 15) is 4.79 Å². The molecule has 70 valence electrons. The predicted octanol–water partition coefficient (Wildman–Crippen LogP) is -3.32. The number of halogens is 2. The molecule has 0 spiro atoms. The van der Waals surface area contributed by atoms with E-state index in [-0.39, 0.29) is 29.7 Å². The van der Waals surface area contributed by atoms with Crippen molar-refractivity contribution in [1.82, 2.24) is 4.98 Å². The van der Waals surface area contributed by atoms with Crippen LogP contribution in [0.1, 0.15) is 16.2 Å². The van der Waals surface area contributed by atoms with Crippen molar-refractivity contribution in [3.05, 3.63) is 11.4 Å². The number of hydrogen-bond acceptors (Lipinski definition) is 3. The van der Waals surface area contributed by atoms with Crippen LogP contribution in [0.5, 0.6) is 0 Å². The molecule has 1 aromatic heterocycles. The minimum atomic E-state index is -0.723. The highest BCUT2D eigenvalue weighted by Gasteiger charge is 2.22. The van der Waals surface area contributed by atoms with Gasteiger partial charge >= 0.3 is 5.95 Å². The molecule has 1 heterocycles. The van der Waals surface area contributed by atoms with Gasteiger partial charge in [-0.15, -0.1) is 0 Å². The van der Waals surface area contributed by atoms with Gasteiger partial charge in [0.2, 0.25) is 11.4 Å². The second-order valence-corrected chi connectivity index (χ2v) is 2.52. The van der Waals surface area contributed by atoms with Gasteiger partial charge in [-0.2, -0.15) is 5.26 Å². The topological polar surface area (TPSA) is 86.5 Å². The Bertz CT molecular complexity index is 379. The number of nitrogens with two attached hydrogens (primary N) is 1. The van der Waals surface area contributed by atoms with Crippen LogP contribution in [0, 0.1) is 11.3 Å². The Labute approximate surface area is 85.5 Å². The lowest BCUT2D eigenvalue weighted by molar-refractivity contribution is -0.657. The third-order valence-corrected chi connectivity index (χ3v) is 1.68. The van der Waals surface area contributed by atoms with Crippen molar-refractivity contribution < 1.29 is 21.8 Å². The van der Waals surface area contributed by atoms with Gasteiger partial charge in [-0.05, 0) is 11.6 Å². The largest absolute Gasteiger partial charge is 1.00 e. The fourth-order valence-corrected chi connectivity index (χ4v) is 0.969. The minimum absolute atomic E-state index is 0. The summed E-state index contributed by atoms with van der Waals surface area (Å²) in [5, 5.41) is 7.88. The quantitative estimate of drug-likeness (QED) is 0.384. The van der Waals surface area contributed by atoms with E-state index in [0.717, 1.165) is 0 Å². The van der Waals surface area contributed by atoms with E-state index in [1.807, 2.05) is 6.07 Å². The van der Waals surface area contributed by atoms with Crippen LogP contribution < -0.4 is 22.7 Å². The molecule has 0 amide bonds. The van der Waals surface area contributed by atoms with Crippen molar-refractivity contribution in [1.29, 1.82) is 5.26 Å². The van der Waals surface area contributed by atoms with Gasteiger partial charge in [-0.1, -0.05) is 0 Å². The van der Waals surface area contributed by atoms with Crippen LogP contribution in [0.4, 0.5) is 5.95 Å². The average Bonchev–Trinajstić information content (AvgIpc) is 2.29. The first-order valence-electron chi connectivity index (χ1n) is 3.05. The van der Waals surface area contributed by atoms with Crippen LogP contribution in [0.3, 0.4) is 0 Å². The van der Waals surface area contributed by atoms with Crippen molar-refractivity contribution in [2.24, 2.45) is 7.05 Å². The SMILES string of the molecule is C[n+]1c(N)[nH]c(C(=O)Cl)c1C#N.[Cl-]. The standard InChI is InChI=1S/C6H5ClN4O.ClH/c1-11-3(2-8)4(5(7)12)10-6(11)9;/h1H3,(H2,9,10);1H. The molecular formula is C6H6Cl2N4O. The Hall–Kier alpha value is -1.25. The highest BCUT2D eigenvalue weighted by atomic mass is 35.5. The zero-order chi connectivity index (χ0) is 9.30. The van der Waals surface area contributed by atoms with E-state index in [1.165, 1.54) is 4.57 Å². The van der Waals surface area contributed by atoms with E-state index in [0.29, 0.717) is 0 Å². The Morgan fingerprint density at radius 3 is 2.62 bits per heavy atom. The van der Waals surface area contributed by atoms with Crippen LogP contribution in [0.25, 0.3) is 0 Å². The number of nitrogen functional groups attached to an aromatic ring is 1. The lowest BCUT2D eigenvalue weighted by atomic mass is 10.4. The number of imidazole rings is 1. The van der Waals surface area contributed by atoms with Gasteiger partial charge in [0.1, 0.15) is 6.07 Å². The molecule has 0 fully saturated rings. The molecule has 0 aliphatic rings. The van der Waals surface area contributed by atoms with Gasteiger partial charge in [-0.25, -0.2) is 9.55 Å². The normalized spacial score (nSPS) is 8.69. The lowest BCUT2D eigenvalue weighted by Crippen LogP contribution is -3.00. The zero-order valence-corrected chi connectivity index (χ0v) is 8.15. The first kappa shape index (κ1) is 11.8. The third-order valence-electron chi connectivity index (χ3n) is 1.49. The first-order chi connectivity index (χ1) is 5.57. The molecule has 0 aromatic carbocycles. The summed E-state index contributed by atoms with van der Waals surface area (Å²) in [6, 6.07) is 1.81. The van der Waals surface area contributed by atoms with Crippen molar-refractivity contribution in [3.8, 4) is 6.07 Å². The highest BCUT2D eigenvalue weighted by Crippen LogP contribution is 2.06. The van der Waals surface area contributed by atoms with Crippen molar-refractivity contribution in [2.45, 2.75) is 0 Å². The number of carbonyl (C=O) groups excluding carboxylic acids is 1. The number of H-pyrrole nitrogens is 1. The maximum atomic E-state index is 10.7. The minimum Gasteiger partial charge on any atom is -1.00 e. The van der Waals surface area contributed by atoms with Crippen molar-refractivity contribution in [2.75, 3.05) is 5.73 Å². The van der Waals surface area contributed by atoms with Gasteiger partial charge < -0.3 is 12.4 Å². The first-order valence-corrected chi connectivity index (χ1v) is 3.43. The van der Waals surface area contributed by atoms with Gasteiger partial charge in [-0.3, -0.25) is 10.5 Å². The lowest BCUT2D eigenvalue weighted by Gasteiger charge is -1.85. The number of hydrogen-bond donors (Lipinski definition) is 2. The van der Waals surface area contributed by atoms with Gasteiger partial charge in [0.05, 0.1) is 7.05 Å². The summed E-state index contributed by atoms with van der Waals surface area (Å²) in [5.74, 6) is 0.218. The zero-order valence-electron chi connectivity index (χ0n) is 6.64. The fraction of sp³-hybridized carbons (Fsp3) is 0.167. The number of nitrogens with one attached hydrogen (secondary N) is 1. The summed E-state index contributed by atoms with van der Waals surface area (Å²) in [7, 11) is 1.56. The third kappa shape index (κ3) is 1.91. The van der Waals surface area contributed by atoms with E-state index in [4.69, 9.17) is 22.6 Å². The predicted molar refractivity (Wildman–Crippen MR) is 41.3 cm³/mol. The molecule has 0 unspecified atom stereocenters. The molecular weight excluding hydrogens is 215 g/mol. The van der Waals surface area contributed by atoms with Crippen LogP contribution in [-0.2, 0) is 7.05 Å². The molecule has 0 atom stereocenters. The maximum Gasteiger partial charge on any atom is 0.354 e. The monoisotopic (exact) mass is 220 g/mol. The number of nitrogens with zero attached hydrogens (tertiary/aromatic N) is 2. The Balaban J connectivity index is 0.00000144. The van der Waals surface area contributed by atoms with Crippen LogP contribution in [-0.4, -0.2) is 10.2 Å². The second-order valence-electron chi connectivity index (χ2n) is 2.18. The molecule has 3 N–H and O–H groups in total. The molecule has 5 nitrogen and oxygen atoms in total. The van der Waals surface area contributed by atoms with E-state index < -0.39 is 5.24 Å². The molecule has 0 aliphatic carbocycles. The summed E-state index contributed by atoms with van der Waals surface area (Å²) in [6.07, 6.45) is 0. The summed E-state index contributed by atoms with van der Waals surface area (Å²) in [5.41, 5.74) is 5.56. The van der Waals surface area contributed by atoms with E-state index >= 15 is 0 Å². The van der Waals surface area contributed by atoms with Crippen molar-refractivity contribution in [3.63, 3.8) is 0 Å². The Kier molecular flexibility index (Phi) is 3.72. The fourth-order valence-electron chi connectivity index (χ4n) is 0.832. The maximum absolute atomic E-state index is 10.7. The molecule has 0 aliphatic heterocycles. The van der Waals surface area contributed by atoms with E-state index in [1.54, 1.807) is 7.05 Å². The van der Waals surface area contributed by atoms with Crippen LogP contribution >= 0.6 is 11.6 Å². The number of nitriles is 1. The number of anilines is 1. The molecule has 0 saturated heterocycles. The van der Waals surface area contributed by atoms with Gasteiger partial charge in [0.25, 0.3) is 5.24 Å². The van der Waals surface area contributed by atoms with Crippen LogP contribution in [0.15, 0.2) is 0 Å². The van der Waals surface area contributed by atoms with Crippen LogP contribution in [0.2, 0.25) is 0 Å². The second kappa shape index (κ2) is 4.12. The Morgan fingerprint density at radius 2 is 2.31 bits per heavy atom. The highest BCUT2D eigenvalue weighted by molar-refractivity contribution is 6.67. The Morgan fingerprint density at radius 1 is 1.77 bits per heavy atom. The molecule has 0 saturated carbocycles. The van der Waals surface area contributed by atoms with Crippen molar-refractivity contribution >= 4 is 22.8 Å². The number of aromatic amines is 1. The summed E-state index contributed by atoms with van der Waals surface area (Å²) < 4.78 is 1.36. The van der Waals surface area contributed by atoms with Gasteiger partial charge in [0, 0.05) is 0 Å². The van der Waals surface area contributed by atoms with E-state index in [2.05, 4.69) is 4.98 Å². The average molecular weight is 221 g/mol. The molecule has 1 rings (SSSR count). The summed E-state index contributed by atoms with van der Waals surface area (Å²) >= 11 is 5.18. The molecule has 7 heteroatoms. The smallest absolute Gasteiger partial charge is 0.354 e. The summed E-state index contributed by atoms with van der Waals surface area (Å²) in [6.45, 7) is 0. The number of rotatable bonds is 1.